The van der Waals surface area contributed by atoms with Crippen LogP contribution in [0.3, 0.4) is 0 Å². The van der Waals surface area contributed by atoms with Gasteiger partial charge in [-0.2, -0.15) is 5.26 Å². The van der Waals surface area contributed by atoms with Gasteiger partial charge in [0.2, 0.25) is 0 Å². The molecule has 0 N–H and O–H groups in total. The fourth-order valence-corrected chi connectivity index (χ4v) is 1.25. The number of nitriles is 1. The first-order chi connectivity index (χ1) is 7.58. The van der Waals surface area contributed by atoms with Crippen molar-refractivity contribution in [1.29, 1.82) is 5.26 Å². The smallest absolute Gasteiger partial charge is 0.312 e. The zero-order valence-corrected chi connectivity index (χ0v) is 9.27. The van der Waals surface area contributed by atoms with E-state index in [9.17, 15) is 10.1 Å². The predicted molar refractivity (Wildman–Crippen MR) is 58.4 cm³/mol. The minimum Gasteiger partial charge on any atom is -0.468 e. The Bertz CT molecular complexity index is 442. The normalized spacial score (nSPS) is 11.6. The van der Waals surface area contributed by atoms with Crippen LogP contribution in [-0.4, -0.2) is 11.0 Å². The molecule has 0 saturated heterocycles. The number of benzene rings is 1. The van der Waals surface area contributed by atoms with E-state index in [-0.39, 0.29) is 16.5 Å². The van der Waals surface area contributed by atoms with Gasteiger partial charge in [0.15, 0.2) is 11.9 Å². The molecule has 0 amide bonds. The minimum atomic E-state index is -0.695. The number of nitrogens with zero attached hydrogens (tertiary/aromatic N) is 2. The van der Waals surface area contributed by atoms with Crippen molar-refractivity contribution in [3.05, 3.63) is 33.3 Å². The standard InChI is InChI=1S/C10H9ClN2O3/c1-2-8(6-12)16-10-4-3-7(11)5-9(10)13(14)15/h3-5,8H,2H2,1H3. The van der Waals surface area contributed by atoms with Crippen LogP contribution < -0.4 is 4.74 Å². The SMILES string of the molecule is CCC(C#N)Oc1ccc(Cl)cc1[N+](=O)[O-]. The fourth-order valence-electron chi connectivity index (χ4n) is 1.09. The molecule has 0 saturated carbocycles. The quantitative estimate of drug-likeness (QED) is 0.599. The van der Waals surface area contributed by atoms with Gasteiger partial charge < -0.3 is 4.74 Å². The molecule has 6 heteroatoms. The summed E-state index contributed by atoms with van der Waals surface area (Å²) >= 11 is 5.64. The van der Waals surface area contributed by atoms with Gasteiger partial charge in [0.25, 0.3) is 0 Å². The summed E-state index contributed by atoms with van der Waals surface area (Å²) in [4.78, 5) is 10.1. The number of nitro benzene ring substituents is 1. The molecule has 0 bridgehead atoms. The van der Waals surface area contributed by atoms with Crippen molar-refractivity contribution in [2.24, 2.45) is 0 Å². The summed E-state index contributed by atoms with van der Waals surface area (Å²) in [5, 5.41) is 19.7. The molecule has 0 aliphatic heterocycles. The van der Waals surface area contributed by atoms with Crippen LogP contribution in [0.1, 0.15) is 13.3 Å². The van der Waals surface area contributed by atoms with Gasteiger partial charge in [0, 0.05) is 11.1 Å². The zero-order valence-electron chi connectivity index (χ0n) is 8.51. The van der Waals surface area contributed by atoms with Crippen LogP contribution in [-0.2, 0) is 0 Å². The summed E-state index contributed by atoms with van der Waals surface area (Å²) in [5.74, 6) is 0.0581. The van der Waals surface area contributed by atoms with Crippen molar-refractivity contribution in [2.75, 3.05) is 0 Å². The van der Waals surface area contributed by atoms with E-state index in [1.54, 1.807) is 6.92 Å². The predicted octanol–water partition coefficient (Wildman–Crippen LogP) is 2.93. The van der Waals surface area contributed by atoms with Gasteiger partial charge in [0.05, 0.1) is 4.92 Å². The molecular weight excluding hydrogens is 232 g/mol. The van der Waals surface area contributed by atoms with Crippen molar-refractivity contribution >= 4 is 17.3 Å². The van der Waals surface area contributed by atoms with Gasteiger partial charge in [-0.05, 0) is 18.6 Å². The molecule has 0 heterocycles. The van der Waals surface area contributed by atoms with Crippen molar-refractivity contribution in [2.45, 2.75) is 19.4 Å². The lowest BCUT2D eigenvalue weighted by molar-refractivity contribution is -0.386. The Balaban J connectivity index is 3.04. The van der Waals surface area contributed by atoms with E-state index in [4.69, 9.17) is 21.6 Å². The van der Waals surface area contributed by atoms with Crippen molar-refractivity contribution in [3.8, 4) is 11.8 Å². The van der Waals surface area contributed by atoms with Crippen LogP contribution in [0.2, 0.25) is 5.02 Å². The van der Waals surface area contributed by atoms with Crippen molar-refractivity contribution in [1.82, 2.24) is 0 Å². The van der Waals surface area contributed by atoms with E-state index in [0.717, 1.165) is 0 Å². The van der Waals surface area contributed by atoms with E-state index in [0.29, 0.717) is 6.42 Å². The molecule has 16 heavy (non-hydrogen) atoms. The van der Waals surface area contributed by atoms with Crippen molar-refractivity contribution < 1.29 is 9.66 Å². The number of hydrogen-bond donors (Lipinski definition) is 0. The van der Waals surface area contributed by atoms with Crippen LogP contribution in [0.5, 0.6) is 5.75 Å². The molecule has 0 radical (unpaired) electrons. The highest BCUT2D eigenvalue weighted by Gasteiger charge is 2.18. The maximum absolute atomic E-state index is 10.7. The average Bonchev–Trinajstić information content (AvgIpc) is 2.27. The van der Waals surface area contributed by atoms with Gasteiger partial charge in [-0.15, -0.1) is 0 Å². The zero-order chi connectivity index (χ0) is 12.1. The first-order valence-corrected chi connectivity index (χ1v) is 4.96. The molecule has 1 aromatic rings. The first kappa shape index (κ1) is 12.3. The summed E-state index contributed by atoms with van der Waals surface area (Å²) < 4.78 is 5.20. The summed E-state index contributed by atoms with van der Waals surface area (Å²) in [6, 6.07) is 5.97. The molecule has 1 aromatic carbocycles. The summed E-state index contributed by atoms with van der Waals surface area (Å²) in [6.45, 7) is 1.76. The molecule has 1 rings (SSSR count). The van der Waals surface area contributed by atoms with Gasteiger partial charge in [-0.25, -0.2) is 0 Å². The van der Waals surface area contributed by atoms with Crippen LogP contribution in [0.4, 0.5) is 5.69 Å². The Morgan fingerprint density at radius 1 is 1.69 bits per heavy atom. The van der Waals surface area contributed by atoms with Gasteiger partial charge in [-0.1, -0.05) is 18.5 Å². The van der Waals surface area contributed by atoms with Crippen LogP contribution in [0, 0.1) is 21.4 Å². The first-order valence-electron chi connectivity index (χ1n) is 4.58. The second kappa shape index (κ2) is 5.33. The third kappa shape index (κ3) is 2.84. The molecule has 0 aromatic heterocycles. The highest BCUT2D eigenvalue weighted by atomic mass is 35.5. The largest absolute Gasteiger partial charge is 0.468 e. The van der Waals surface area contributed by atoms with Gasteiger partial charge in [-0.3, -0.25) is 10.1 Å². The van der Waals surface area contributed by atoms with E-state index in [2.05, 4.69) is 0 Å². The van der Waals surface area contributed by atoms with Crippen molar-refractivity contribution in [3.63, 3.8) is 0 Å². The second-order valence-corrected chi connectivity index (χ2v) is 3.45. The Hall–Kier alpha value is -1.80. The molecule has 5 nitrogen and oxygen atoms in total. The summed E-state index contributed by atoms with van der Waals surface area (Å²) in [5.41, 5.74) is -0.235. The molecule has 0 aliphatic carbocycles. The molecule has 0 spiro atoms. The lowest BCUT2D eigenvalue weighted by Gasteiger charge is -2.10. The number of halogens is 1. The van der Waals surface area contributed by atoms with Gasteiger partial charge in [0.1, 0.15) is 6.07 Å². The maximum atomic E-state index is 10.7. The molecule has 84 valence electrons. The lowest BCUT2D eigenvalue weighted by Crippen LogP contribution is -2.13. The highest BCUT2D eigenvalue weighted by molar-refractivity contribution is 6.30. The third-order valence-corrected chi connectivity index (χ3v) is 2.14. The van der Waals surface area contributed by atoms with E-state index >= 15 is 0 Å². The lowest BCUT2D eigenvalue weighted by atomic mass is 10.2. The molecule has 1 unspecified atom stereocenters. The highest BCUT2D eigenvalue weighted by Crippen LogP contribution is 2.30. The number of hydrogen-bond acceptors (Lipinski definition) is 4. The summed E-state index contributed by atoms with van der Waals surface area (Å²) in [7, 11) is 0. The van der Waals surface area contributed by atoms with Crippen LogP contribution in [0.25, 0.3) is 0 Å². The van der Waals surface area contributed by atoms with Crippen LogP contribution in [0.15, 0.2) is 18.2 Å². The molecule has 0 aliphatic rings. The minimum absolute atomic E-state index is 0.0581. The van der Waals surface area contributed by atoms with Gasteiger partial charge >= 0.3 is 5.69 Å². The number of ether oxygens (including phenoxy) is 1. The molecular formula is C10H9ClN2O3. The molecule has 0 fully saturated rings. The topological polar surface area (TPSA) is 76.2 Å². The van der Waals surface area contributed by atoms with E-state index in [1.807, 2.05) is 6.07 Å². The fraction of sp³-hybridized carbons (Fsp3) is 0.300. The monoisotopic (exact) mass is 240 g/mol. The van der Waals surface area contributed by atoms with Crippen LogP contribution >= 0.6 is 11.6 Å². The number of nitro groups is 1. The second-order valence-electron chi connectivity index (χ2n) is 3.01. The number of rotatable bonds is 4. The summed E-state index contributed by atoms with van der Waals surface area (Å²) in [6.07, 6.45) is -0.240. The Morgan fingerprint density at radius 3 is 2.88 bits per heavy atom. The molecule has 1 atom stereocenters. The third-order valence-electron chi connectivity index (χ3n) is 1.90. The Labute approximate surface area is 97.4 Å². The Morgan fingerprint density at radius 2 is 2.38 bits per heavy atom. The van der Waals surface area contributed by atoms with E-state index in [1.165, 1.54) is 18.2 Å². The van der Waals surface area contributed by atoms with E-state index < -0.39 is 11.0 Å². The maximum Gasteiger partial charge on any atom is 0.312 e. The Kier molecular flexibility index (Phi) is 4.09. The average molecular weight is 241 g/mol.